The number of nitrogens with zero attached hydrogens (tertiary/aromatic N) is 2. The van der Waals surface area contributed by atoms with Crippen molar-refractivity contribution < 1.29 is 28.7 Å². The number of hydrogen-bond acceptors (Lipinski definition) is 7. The number of thioether (sulfide) groups is 1. The lowest BCUT2D eigenvalue weighted by Gasteiger charge is -2.18. The van der Waals surface area contributed by atoms with E-state index in [-0.39, 0.29) is 24.0 Å². The van der Waals surface area contributed by atoms with Gasteiger partial charge in [-0.25, -0.2) is 4.79 Å². The minimum atomic E-state index is -0.484. The van der Waals surface area contributed by atoms with Crippen molar-refractivity contribution >= 4 is 63.5 Å². The zero-order valence-electron chi connectivity index (χ0n) is 15.7. The Bertz CT molecular complexity index is 881. The number of carbonyl (C=O) groups is 4. The molecule has 2 aliphatic heterocycles. The molecule has 3 rings (SSSR count). The molecule has 0 aliphatic carbocycles. The van der Waals surface area contributed by atoms with Crippen LogP contribution in [0.4, 0.5) is 4.79 Å². The Morgan fingerprint density at radius 2 is 1.97 bits per heavy atom. The summed E-state index contributed by atoms with van der Waals surface area (Å²) in [4.78, 5) is 51.2. The minimum absolute atomic E-state index is 0.199. The van der Waals surface area contributed by atoms with Crippen LogP contribution in [-0.4, -0.2) is 66.2 Å². The summed E-state index contributed by atoms with van der Waals surface area (Å²) in [7, 11) is 1.28. The maximum atomic E-state index is 12.6. The Morgan fingerprint density at radius 3 is 2.62 bits per heavy atom. The number of imide groups is 1. The number of benzene rings is 1. The molecule has 10 heteroatoms. The topological polar surface area (TPSA) is 93.2 Å². The fourth-order valence-electron chi connectivity index (χ4n) is 2.91. The molecule has 0 atom stereocenters. The number of likely N-dealkylation sites (tertiary alicyclic amines) is 1. The van der Waals surface area contributed by atoms with Crippen molar-refractivity contribution in [2.75, 3.05) is 33.4 Å². The van der Waals surface area contributed by atoms with Gasteiger partial charge in [0.2, 0.25) is 5.91 Å². The van der Waals surface area contributed by atoms with E-state index >= 15 is 0 Å². The van der Waals surface area contributed by atoms with Gasteiger partial charge in [0.05, 0.1) is 15.6 Å². The van der Waals surface area contributed by atoms with Crippen LogP contribution in [0, 0.1) is 3.57 Å². The van der Waals surface area contributed by atoms with Crippen molar-refractivity contribution in [2.24, 2.45) is 0 Å². The zero-order valence-corrected chi connectivity index (χ0v) is 18.7. The average molecular weight is 530 g/mol. The SMILES string of the molecule is COC(=O)COc1ccc(/C=C2/SC(=O)N(CC(=O)N3CCCC3)C2=O)cc1I. The lowest BCUT2D eigenvalue weighted by molar-refractivity contribution is -0.143. The van der Waals surface area contributed by atoms with E-state index in [4.69, 9.17) is 4.74 Å². The lowest BCUT2D eigenvalue weighted by Crippen LogP contribution is -2.40. The van der Waals surface area contributed by atoms with Gasteiger partial charge in [-0.15, -0.1) is 0 Å². The number of rotatable bonds is 6. The third-order valence-electron chi connectivity index (χ3n) is 4.45. The van der Waals surface area contributed by atoms with Crippen LogP contribution in [0.15, 0.2) is 23.1 Å². The van der Waals surface area contributed by atoms with Crippen LogP contribution in [0.25, 0.3) is 6.08 Å². The van der Waals surface area contributed by atoms with Crippen LogP contribution >= 0.6 is 34.4 Å². The quantitative estimate of drug-likeness (QED) is 0.317. The molecule has 8 nitrogen and oxygen atoms in total. The summed E-state index contributed by atoms with van der Waals surface area (Å²) in [5.74, 6) is -0.638. The van der Waals surface area contributed by atoms with Crippen molar-refractivity contribution in [3.05, 3.63) is 32.2 Å². The highest BCUT2D eigenvalue weighted by atomic mass is 127. The smallest absolute Gasteiger partial charge is 0.343 e. The van der Waals surface area contributed by atoms with Gasteiger partial charge in [-0.3, -0.25) is 19.3 Å². The van der Waals surface area contributed by atoms with Crippen molar-refractivity contribution in [2.45, 2.75) is 12.8 Å². The molecule has 0 aromatic heterocycles. The fraction of sp³-hybridized carbons (Fsp3) is 0.368. The molecule has 2 aliphatic rings. The Hall–Kier alpha value is -2.08. The molecule has 1 aromatic carbocycles. The standard InChI is InChI=1S/C19H19IN2O6S/c1-27-17(24)11-28-14-5-4-12(8-13(14)20)9-15-18(25)22(19(26)29-15)10-16(23)21-6-2-3-7-21/h4-5,8-9H,2-3,6-7,10-11H2,1H3/b15-9+. The van der Waals surface area contributed by atoms with Gasteiger partial charge in [-0.1, -0.05) is 6.07 Å². The number of carbonyl (C=O) groups excluding carboxylic acids is 4. The molecular formula is C19H19IN2O6S. The van der Waals surface area contributed by atoms with Gasteiger partial charge in [-0.2, -0.15) is 0 Å². The number of amides is 3. The van der Waals surface area contributed by atoms with Crippen LogP contribution in [0.3, 0.4) is 0 Å². The maximum Gasteiger partial charge on any atom is 0.343 e. The van der Waals surface area contributed by atoms with E-state index < -0.39 is 17.1 Å². The van der Waals surface area contributed by atoms with Gasteiger partial charge in [0, 0.05) is 13.1 Å². The van der Waals surface area contributed by atoms with Crippen molar-refractivity contribution in [1.82, 2.24) is 9.80 Å². The number of ether oxygens (including phenoxy) is 2. The Kier molecular flexibility index (Phi) is 7.17. The molecule has 0 bridgehead atoms. The van der Waals surface area contributed by atoms with Crippen LogP contribution in [-0.2, 0) is 19.1 Å². The third-order valence-corrected chi connectivity index (χ3v) is 6.20. The highest BCUT2D eigenvalue weighted by Crippen LogP contribution is 2.33. The van der Waals surface area contributed by atoms with E-state index in [0.717, 1.165) is 33.1 Å². The number of hydrogen-bond donors (Lipinski definition) is 0. The normalized spacial score (nSPS) is 17.9. The maximum absolute atomic E-state index is 12.6. The second-order valence-electron chi connectivity index (χ2n) is 6.41. The summed E-state index contributed by atoms with van der Waals surface area (Å²) < 4.78 is 10.7. The lowest BCUT2D eigenvalue weighted by atomic mass is 10.2. The summed E-state index contributed by atoms with van der Waals surface area (Å²) in [6.45, 7) is 0.928. The largest absolute Gasteiger partial charge is 0.481 e. The van der Waals surface area contributed by atoms with E-state index in [0.29, 0.717) is 24.4 Å². The summed E-state index contributed by atoms with van der Waals surface area (Å²) in [5, 5.41) is -0.443. The van der Waals surface area contributed by atoms with Crippen LogP contribution in [0.2, 0.25) is 0 Å². The Morgan fingerprint density at radius 1 is 1.24 bits per heavy atom. The number of halogens is 1. The molecule has 29 heavy (non-hydrogen) atoms. The third kappa shape index (κ3) is 5.30. The van der Waals surface area contributed by atoms with Crippen LogP contribution in [0.1, 0.15) is 18.4 Å². The van der Waals surface area contributed by atoms with E-state index in [2.05, 4.69) is 27.3 Å². The molecule has 154 valence electrons. The minimum Gasteiger partial charge on any atom is -0.481 e. The first-order chi connectivity index (χ1) is 13.9. The molecule has 0 spiro atoms. The molecule has 0 radical (unpaired) electrons. The van der Waals surface area contributed by atoms with Crippen LogP contribution in [0.5, 0.6) is 5.75 Å². The summed E-state index contributed by atoms with van der Waals surface area (Å²) in [6.07, 6.45) is 3.51. The number of esters is 1. The number of methoxy groups -OCH3 is 1. The molecular weight excluding hydrogens is 511 g/mol. The van der Waals surface area contributed by atoms with E-state index in [1.54, 1.807) is 29.2 Å². The first-order valence-corrected chi connectivity index (χ1v) is 10.8. The highest BCUT2D eigenvalue weighted by Gasteiger charge is 2.37. The van der Waals surface area contributed by atoms with Crippen LogP contribution < -0.4 is 4.74 Å². The summed E-state index contributed by atoms with van der Waals surface area (Å²) in [5.41, 5.74) is 0.705. The van der Waals surface area contributed by atoms with Gasteiger partial charge < -0.3 is 14.4 Å². The molecule has 2 saturated heterocycles. The van der Waals surface area contributed by atoms with Gasteiger partial charge in [0.25, 0.3) is 11.1 Å². The van der Waals surface area contributed by atoms with Gasteiger partial charge in [0.1, 0.15) is 12.3 Å². The van der Waals surface area contributed by atoms with Gasteiger partial charge in [0.15, 0.2) is 6.61 Å². The van der Waals surface area contributed by atoms with Crippen molar-refractivity contribution in [3.63, 3.8) is 0 Å². The molecule has 0 saturated carbocycles. The predicted molar refractivity (Wildman–Crippen MR) is 115 cm³/mol. The molecule has 2 fully saturated rings. The monoisotopic (exact) mass is 530 g/mol. The van der Waals surface area contributed by atoms with Crippen molar-refractivity contribution in [3.8, 4) is 5.75 Å². The Balaban J connectivity index is 1.67. The zero-order chi connectivity index (χ0) is 21.0. The molecule has 0 unspecified atom stereocenters. The summed E-state index contributed by atoms with van der Waals surface area (Å²) >= 11 is 2.88. The average Bonchev–Trinajstić information content (AvgIpc) is 3.32. The molecule has 0 N–H and O–H groups in total. The van der Waals surface area contributed by atoms with E-state index in [1.807, 2.05) is 0 Å². The molecule has 2 heterocycles. The molecule has 3 amide bonds. The second kappa shape index (κ2) is 9.61. The predicted octanol–water partition coefficient (Wildman–Crippen LogP) is 2.50. The fourth-order valence-corrected chi connectivity index (χ4v) is 4.44. The first kappa shape index (κ1) is 21.6. The first-order valence-electron chi connectivity index (χ1n) is 8.91. The molecule has 1 aromatic rings. The highest BCUT2D eigenvalue weighted by molar-refractivity contribution is 14.1. The van der Waals surface area contributed by atoms with E-state index in [1.165, 1.54) is 7.11 Å². The second-order valence-corrected chi connectivity index (χ2v) is 8.57. The van der Waals surface area contributed by atoms with Gasteiger partial charge >= 0.3 is 5.97 Å². The van der Waals surface area contributed by atoms with Gasteiger partial charge in [-0.05, 0) is 71.0 Å². The Labute approximate surface area is 185 Å². The van der Waals surface area contributed by atoms with E-state index in [9.17, 15) is 19.2 Å². The van der Waals surface area contributed by atoms with Crippen molar-refractivity contribution in [1.29, 1.82) is 0 Å². The summed E-state index contributed by atoms with van der Waals surface area (Å²) in [6, 6.07) is 5.17.